The van der Waals surface area contributed by atoms with E-state index in [2.05, 4.69) is 24.4 Å². The molecule has 0 unspecified atom stereocenters. The van der Waals surface area contributed by atoms with Gasteiger partial charge in [-0.3, -0.25) is 0 Å². The monoisotopic (exact) mass is 437 g/mol. The summed E-state index contributed by atoms with van der Waals surface area (Å²) in [6, 6.07) is 23.2. The molecule has 5 nitrogen and oxygen atoms in total. The first-order valence-electron chi connectivity index (χ1n) is 10.3. The van der Waals surface area contributed by atoms with Gasteiger partial charge in [-0.25, -0.2) is 13.2 Å². The van der Waals surface area contributed by atoms with Crippen molar-refractivity contribution in [3.63, 3.8) is 0 Å². The van der Waals surface area contributed by atoms with Crippen molar-refractivity contribution in [1.29, 1.82) is 0 Å². The molecule has 31 heavy (non-hydrogen) atoms. The highest BCUT2D eigenvalue weighted by molar-refractivity contribution is 7.91. The van der Waals surface area contributed by atoms with Crippen LogP contribution in [-0.4, -0.2) is 27.0 Å². The number of sulfone groups is 1. The molecule has 0 aromatic heterocycles. The second-order valence-corrected chi connectivity index (χ2v) is 9.31. The van der Waals surface area contributed by atoms with Crippen LogP contribution in [0.5, 0.6) is 0 Å². The molecule has 0 saturated carbocycles. The molecule has 162 valence electrons. The topological polar surface area (TPSA) is 72.5 Å². The molecule has 0 aliphatic carbocycles. The fraction of sp³-hybridized carbons (Fsp3) is 0.240. The molecule has 0 amide bonds. The predicted octanol–water partition coefficient (Wildman–Crippen LogP) is 4.42. The Balaban J connectivity index is 1.63. The Morgan fingerprint density at radius 3 is 2.03 bits per heavy atom. The first-order chi connectivity index (χ1) is 14.9. The maximum Gasteiger partial charge on any atom is 0.338 e. The Morgan fingerprint density at radius 1 is 0.871 bits per heavy atom. The summed E-state index contributed by atoms with van der Waals surface area (Å²) in [5.41, 5.74) is 2.61. The molecule has 6 heteroatoms. The van der Waals surface area contributed by atoms with Crippen LogP contribution >= 0.6 is 0 Å². The maximum absolute atomic E-state index is 12.9. The summed E-state index contributed by atoms with van der Waals surface area (Å²) in [4.78, 5) is 12.1. The van der Waals surface area contributed by atoms with Crippen LogP contribution in [-0.2, 0) is 27.5 Å². The first-order valence-corrected chi connectivity index (χ1v) is 11.8. The van der Waals surface area contributed by atoms with Gasteiger partial charge in [-0.1, -0.05) is 42.5 Å². The number of esters is 1. The van der Waals surface area contributed by atoms with Crippen LogP contribution in [0.3, 0.4) is 0 Å². The second-order valence-electron chi connectivity index (χ2n) is 7.36. The zero-order chi connectivity index (χ0) is 22.3. The fourth-order valence-corrected chi connectivity index (χ4v) is 4.50. The Hall–Kier alpha value is -2.96. The van der Waals surface area contributed by atoms with Crippen LogP contribution in [0.25, 0.3) is 0 Å². The smallest absolute Gasteiger partial charge is 0.338 e. The molecule has 0 aliphatic heterocycles. The highest BCUT2D eigenvalue weighted by atomic mass is 32.2. The summed E-state index contributed by atoms with van der Waals surface area (Å²) in [7, 11) is -3.65. The van der Waals surface area contributed by atoms with Gasteiger partial charge in [0, 0.05) is 12.6 Å². The van der Waals surface area contributed by atoms with Gasteiger partial charge in [0.2, 0.25) is 9.84 Å². The van der Waals surface area contributed by atoms with E-state index in [1.54, 1.807) is 19.1 Å². The van der Waals surface area contributed by atoms with Gasteiger partial charge in [-0.2, -0.15) is 0 Å². The average Bonchev–Trinajstić information content (AvgIpc) is 2.79. The number of nitrogens with one attached hydrogen (secondary N) is 1. The highest BCUT2D eigenvalue weighted by Crippen LogP contribution is 2.22. The van der Waals surface area contributed by atoms with Gasteiger partial charge in [0.05, 0.1) is 22.0 Å². The third-order valence-corrected chi connectivity index (χ3v) is 6.73. The Bertz CT molecular complexity index is 1090. The fourth-order valence-electron chi connectivity index (χ4n) is 3.24. The van der Waals surface area contributed by atoms with E-state index < -0.39 is 15.8 Å². The number of rotatable bonds is 9. The van der Waals surface area contributed by atoms with E-state index in [0.29, 0.717) is 5.56 Å². The number of hydrogen-bond acceptors (Lipinski definition) is 5. The van der Waals surface area contributed by atoms with Crippen molar-refractivity contribution in [2.24, 2.45) is 0 Å². The lowest BCUT2D eigenvalue weighted by atomic mass is 10.1. The van der Waals surface area contributed by atoms with Crippen LogP contribution in [0, 0.1) is 0 Å². The number of carbonyl (C=O) groups is 1. The third kappa shape index (κ3) is 6.03. The molecular weight excluding hydrogens is 410 g/mol. The van der Waals surface area contributed by atoms with E-state index in [9.17, 15) is 13.2 Å². The molecule has 3 rings (SSSR count). The molecular formula is C25H27NO4S. The van der Waals surface area contributed by atoms with Gasteiger partial charge >= 0.3 is 5.97 Å². The third-order valence-electron chi connectivity index (χ3n) is 4.95. The van der Waals surface area contributed by atoms with Crippen molar-refractivity contribution in [3.8, 4) is 0 Å². The van der Waals surface area contributed by atoms with Crippen molar-refractivity contribution in [1.82, 2.24) is 5.32 Å². The van der Waals surface area contributed by atoms with E-state index in [1.165, 1.54) is 29.8 Å². The molecule has 0 spiro atoms. The van der Waals surface area contributed by atoms with Gasteiger partial charge in [-0.05, 0) is 67.8 Å². The van der Waals surface area contributed by atoms with Gasteiger partial charge in [0.25, 0.3) is 0 Å². The van der Waals surface area contributed by atoms with E-state index in [4.69, 9.17) is 4.74 Å². The van der Waals surface area contributed by atoms with Crippen molar-refractivity contribution in [3.05, 3.63) is 95.6 Å². The van der Waals surface area contributed by atoms with Gasteiger partial charge in [0.15, 0.2) is 0 Å². The van der Waals surface area contributed by atoms with E-state index in [-0.39, 0.29) is 22.4 Å². The van der Waals surface area contributed by atoms with Crippen molar-refractivity contribution >= 4 is 15.8 Å². The molecule has 3 aromatic rings. The number of benzene rings is 3. The minimum atomic E-state index is -3.65. The largest absolute Gasteiger partial charge is 0.462 e. The van der Waals surface area contributed by atoms with Crippen LogP contribution in [0.1, 0.15) is 35.3 Å². The lowest BCUT2D eigenvalue weighted by molar-refractivity contribution is 0.0526. The molecule has 0 heterocycles. The Kier molecular flexibility index (Phi) is 7.60. The van der Waals surface area contributed by atoms with Gasteiger partial charge in [0.1, 0.15) is 0 Å². The molecule has 1 N–H and O–H groups in total. The van der Waals surface area contributed by atoms with E-state index in [1.807, 2.05) is 30.3 Å². The summed E-state index contributed by atoms with van der Waals surface area (Å²) in [6.07, 6.45) is 0.793. The second kappa shape index (κ2) is 10.4. The molecule has 0 bridgehead atoms. The lowest BCUT2D eigenvalue weighted by Crippen LogP contribution is -2.27. The number of carbonyl (C=O) groups excluding carboxylic acids is 1. The SMILES string of the molecule is CCOC(=O)c1ccc(S(=O)(=O)c2ccc(C[C@@H](C)NCc3ccccc3)cc2)cc1. The molecule has 0 fully saturated rings. The average molecular weight is 438 g/mol. The highest BCUT2D eigenvalue weighted by Gasteiger charge is 2.18. The number of ether oxygens (including phenoxy) is 1. The summed E-state index contributed by atoms with van der Waals surface area (Å²) in [5.74, 6) is -0.467. The minimum Gasteiger partial charge on any atom is -0.462 e. The minimum absolute atomic E-state index is 0.145. The maximum atomic E-state index is 12.9. The van der Waals surface area contributed by atoms with Crippen LogP contribution in [0.2, 0.25) is 0 Å². The molecule has 1 atom stereocenters. The first kappa shape index (κ1) is 22.7. The normalized spacial score (nSPS) is 12.3. The quantitative estimate of drug-likeness (QED) is 0.502. The van der Waals surface area contributed by atoms with Crippen molar-refractivity contribution in [2.75, 3.05) is 6.61 Å². The van der Waals surface area contributed by atoms with Crippen LogP contribution in [0.4, 0.5) is 0 Å². The zero-order valence-corrected chi connectivity index (χ0v) is 18.6. The Morgan fingerprint density at radius 2 is 1.45 bits per heavy atom. The van der Waals surface area contributed by atoms with E-state index >= 15 is 0 Å². The Labute approximate surface area is 184 Å². The van der Waals surface area contributed by atoms with E-state index in [0.717, 1.165) is 18.5 Å². The van der Waals surface area contributed by atoms with Crippen LogP contribution in [0.15, 0.2) is 88.7 Å². The predicted molar refractivity (Wildman–Crippen MR) is 121 cm³/mol. The summed E-state index contributed by atoms with van der Waals surface area (Å²) >= 11 is 0. The van der Waals surface area contributed by atoms with Gasteiger partial charge < -0.3 is 10.1 Å². The summed E-state index contributed by atoms with van der Waals surface area (Å²) < 4.78 is 30.7. The lowest BCUT2D eigenvalue weighted by Gasteiger charge is -2.14. The zero-order valence-electron chi connectivity index (χ0n) is 17.7. The van der Waals surface area contributed by atoms with Crippen molar-refractivity contribution in [2.45, 2.75) is 42.6 Å². The van der Waals surface area contributed by atoms with Gasteiger partial charge in [-0.15, -0.1) is 0 Å². The van der Waals surface area contributed by atoms with Crippen LogP contribution < -0.4 is 5.32 Å². The summed E-state index contributed by atoms with van der Waals surface area (Å²) in [5, 5.41) is 3.49. The van der Waals surface area contributed by atoms with Crippen molar-refractivity contribution < 1.29 is 17.9 Å². The molecule has 0 radical (unpaired) electrons. The molecule has 0 aliphatic rings. The number of hydrogen-bond donors (Lipinski definition) is 1. The molecule has 3 aromatic carbocycles. The summed E-state index contributed by atoms with van der Waals surface area (Å²) in [6.45, 7) is 4.89. The standard InChI is InChI=1S/C25H27NO4S/c1-3-30-25(27)22-11-15-24(16-12-22)31(28,29)23-13-9-20(10-14-23)17-19(2)26-18-21-7-5-4-6-8-21/h4-16,19,26H,3,17-18H2,1-2H3/t19-/m1/s1. The molecule has 0 saturated heterocycles.